The van der Waals surface area contributed by atoms with Gasteiger partial charge in [0.1, 0.15) is 5.82 Å². The molecule has 0 unspecified atom stereocenters. The van der Waals surface area contributed by atoms with E-state index in [2.05, 4.69) is 4.72 Å². The van der Waals surface area contributed by atoms with Crippen LogP contribution in [-0.4, -0.2) is 13.5 Å². The summed E-state index contributed by atoms with van der Waals surface area (Å²) in [5.74, 6) is -0.438. The Morgan fingerprint density at radius 3 is 2.33 bits per heavy atom. The third kappa shape index (κ3) is 3.40. The van der Waals surface area contributed by atoms with E-state index in [1.807, 2.05) is 0 Å². The van der Waals surface area contributed by atoms with Gasteiger partial charge in [-0.3, -0.25) is 4.72 Å². The third-order valence-corrected chi connectivity index (χ3v) is 4.76. The normalized spacial score (nSPS) is 11.4. The van der Waals surface area contributed by atoms with Crippen LogP contribution in [0.25, 0.3) is 0 Å². The molecule has 0 amide bonds. The van der Waals surface area contributed by atoms with Gasteiger partial charge in [-0.25, -0.2) is 12.8 Å². The summed E-state index contributed by atoms with van der Waals surface area (Å²) in [7, 11) is -3.80. The van der Waals surface area contributed by atoms with E-state index in [9.17, 15) is 17.9 Å². The van der Waals surface area contributed by atoms with Crippen molar-refractivity contribution >= 4 is 15.7 Å². The van der Waals surface area contributed by atoms with Crippen molar-refractivity contribution in [2.24, 2.45) is 0 Å². The number of aryl methyl sites for hydroxylation is 1. The Morgan fingerprint density at radius 1 is 1.14 bits per heavy atom. The van der Waals surface area contributed by atoms with E-state index in [0.717, 1.165) is 5.56 Å². The maximum Gasteiger partial charge on any atom is 0.262 e. The van der Waals surface area contributed by atoms with Crippen molar-refractivity contribution < 1.29 is 17.9 Å². The van der Waals surface area contributed by atoms with Crippen molar-refractivity contribution in [1.29, 1.82) is 0 Å². The zero-order valence-corrected chi connectivity index (χ0v) is 12.5. The molecule has 0 atom stereocenters. The van der Waals surface area contributed by atoms with Gasteiger partial charge in [-0.1, -0.05) is 6.07 Å². The average Bonchev–Trinajstić information content (AvgIpc) is 2.43. The van der Waals surface area contributed by atoms with Gasteiger partial charge in [-0.2, -0.15) is 0 Å². The summed E-state index contributed by atoms with van der Waals surface area (Å²) in [6.07, 6.45) is 0. The monoisotopic (exact) mass is 309 g/mol. The number of anilines is 1. The molecule has 2 aromatic rings. The molecule has 0 aliphatic carbocycles. The van der Waals surface area contributed by atoms with Crippen molar-refractivity contribution in [3.05, 3.63) is 58.9 Å². The fraction of sp³-hybridized carbons (Fsp3) is 0.200. The van der Waals surface area contributed by atoms with Crippen LogP contribution >= 0.6 is 0 Å². The van der Waals surface area contributed by atoms with E-state index >= 15 is 0 Å². The van der Waals surface area contributed by atoms with Gasteiger partial charge in [-0.15, -0.1) is 0 Å². The number of benzene rings is 2. The first kappa shape index (κ1) is 15.5. The minimum absolute atomic E-state index is 0.107. The van der Waals surface area contributed by atoms with Crippen molar-refractivity contribution in [1.82, 2.24) is 0 Å². The fourth-order valence-electron chi connectivity index (χ4n) is 2.00. The molecule has 112 valence electrons. The van der Waals surface area contributed by atoms with Gasteiger partial charge < -0.3 is 5.11 Å². The Kier molecular flexibility index (Phi) is 4.29. The minimum atomic E-state index is -3.80. The highest BCUT2D eigenvalue weighted by atomic mass is 32.2. The summed E-state index contributed by atoms with van der Waals surface area (Å²) in [5.41, 5.74) is 2.20. The zero-order valence-electron chi connectivity index (χ0n) is 11.7. The Hall–Kier alpha value is -1.92. The van der Waals surface area contributed by atoms with E-state index in [-0.39, 0.29) is 17.2 Å². The van der Waals surface area contributed by atoms with Gasteiger partial charge in [0.05, 0.1) is 11.5 Å². The Bertz CT molecular complexity index is 755. The Morgan fingerprint density at radius 2 is 1.76 bits per heavy atom. The highest BCUT2D eigenvalue weighted by Crippen LogP contribution is 2.23. The van der Waals surface area contributed by atoms with Gasteiger partial charge in [0.2, 0.25) is 0 Å². The fourth-order valence-corrected chi connectivity index (χ4v) is 3.42. The maximum atomic E-state index is 12.9. The first-order valence-electron chi connectivity index (χ1n) is 6.33. The standard InChI is InChI=1S/C15H16FNO3S/c1-10-7-12(9-18)8-15(11(10)2)21(19,20)17-14-5-3-13(16)4-6-14/h3-8,17-18H,9H2,1-2H3. The molecule has 0 saturated heterocycles. The van der Waals surface area contributed by atoms with Crippen molar-refractivity contribution in [3.8, 4) is 0 Å². The summed E-state index contributed by atoms with van der Waals surface area (Å²) in [6.45, 7) is 3.25. The second-order valence-corrected chi connectivity index (χ2v) is 6.46. The van der Waals surface area contributed by atoms with E-state index < -0.39 is 15.8 Å². The molecule has 0 heterocycles. The number of aliphatic hydroxyl groups excluding tert-OH is 1. The van der Waals surface area contributed by atoms with E-state index in [0.29, 0.717) is 11.1 Å². The van der Waals surface area contributed by atoms with Crippen LogP contribution in [0.5, 0.6) is 0 Å². The third-order valence-electron chi connectivity index (χ3n) is 3.25. The van der Waals surface area contributed by atoms with Crippen LogP contribution in [0.4, 0.5) is 10.1 Å². The van der Waals surface area contributed by atoms with Crippen molar-refractivity contribution in [2.45, 2.75) is 25.3 Å². The van der Waals surface area contributed by atoms with Crippen LogP contribution in [0.3, 0.4) is 0 Å². The molecule has 6 heteroatoms. The highest BCUT2D eigenvalue weighted by molar-refractivity contribution is 7.92. The number of aliphatic hydroxyl groups is 1. The SMILES string of the molecule is Cc1cc(CO)cc(S(=O)(=O)Nc2ccc(F)cc2)c1C. The van der Waals surface area contributed by atoms with Crippen molar-refractivity contribution in [3.63, 3.8) is 0 Å². The molecule has 2 aromatic carbocycles. The molecule has 0 saturated carbocycles. The van der Waals surface area contributed by atoms with Gasteiger partial charge in [0, 0.05) is 5.69 Å². The molecule has 4 nitrogen and oxygen atoms in total. The largest absolute Gasteiger partial charge is 0.392 e. The summed E-state index contributed by atoms with van der Waals surface area (Å²) in [6, 6.07) is 8.25. The summed E-state index contributed by atoms with van der Waals surface area (Å²) < 4.78 is 40.1. The highest BCUT2D eigenvalue weighted by Gasteiger charge is 2.19. The lowest BCUT2D eigenvalue weighted by molar-refractivity contribution is 0.281. The molecular weight excluding hydrogens is 293 g/mol. The average molecular weight is 309 g/mol. The number of hydrogen-bond acceptors (Lipinski definition) is 3. The number of sulfonamides is 1. The van der Waals surface area contributed by atoms with Gasteiger partial charge >= 0.3 is 0 Å². The molecule has 0 aliphatic heterocycles. The lowest BCUT2D eigenvalue weighted by Gasteiger charge is -2.13. The molecule has 0 aliphatic rings. The Labute approximate surface area is 123 Å². The quantitative estimate of drug-likeness (QED) is 0.912. The smallest absolute Gasteiger partial charge is 0.262 e. The lowest BCUT2D eigenvalue weighted by atomic mass is 10.1. The van der Waals surface area contributed by atoms with E-state index in [1.54, 1.807) is 19.9 Å². The predicted octanol–water partition coefficient (Wildman–Crippen LogP) is 2.74. The molecule has 0 aromatic heterocycles. The summed E-state index contributed by atoms with van der Waals surface area (Å²) >= 11 is 0. The van der Waals surface area contributed by atoms with Crippen LogP contribution < -0.4 is 4.72 Å². The van der Waals surface area contributed by atoms with E-state index in [4.69, 9.17) is 0 Å². The van der Waals surface area contributed by atoms with Gasteiger partial charge in [0.25, 0.3) is 10.0 Å². The first-order chi connectivity index (χ1) is 9.83. The molecule has 0 spiro atoms. The minimum Gasteiger partial charge on any atom is -0.392 e. The van der Waals surface area contributed by atoms with Crippen LogP contribution in [0.15, 0.2) is 41.3 Å². The maximum absolute atomic E-state index is 12.9. The number of hydrogen-bond donors (Lipinski definition) is 2. The lowest BCUT2D eigenvalue weighted by Crippen LogP contribution is -2.15. The van der Waals surface area contributed by atoms with Crippen LogP contribution in [0.1, 0.15) is 16.7 Å². The molecule has 21 heavy (non-hydrogen) atoms. The van der Waals surface area contributed by atoms with Crippen LogP contribution in [0, 0.1) is 19.7 Å². The number of nitrogens with one attached hydrogen (secondary N) is 1. The second-order valence-electron chi connectivity index (χ2n) is 4.81. The van der Waals surface area contributed by atoms with E-state index in [1.165, 1.54) is 30.3 Å². The summed E-state index contributed by atoms with van der Waals surface area (Å²) in [5, 5.41) is 9.21. The Balaban J connectivity index is 2.44. The number of rotatable bonds is 4. The zero-order chi connectivity index (χ0) is 15.6. The molecule has 0 fully saturated rings. The second kappa shape index (κ2) is 5.83. The van der Waals surface area contributed by atoms with Crippen LogP contribution in [0.2, 0.25) is 0 Å². The first-order valence-corrected chi connectivity index (χ1v) is 7.81. The molecule has 0 radical (unpaired) electrons. The molecule has 2 rings (SSSR count). The molecule has 2 N–H and O–H groups in total. The molecular formula is C15H16FNO3S. The number of halogens is 1. The van der Waals surface area contributed by atoms with Gasteiger partial charge in [-0.05, 0) is 60.9 Å². The molecule has 0 bridgehead atoms. The predicted molar refractivity (Wildman–Crippen MR) is 79.0 cm³/mol. The van der Waals surface area contributed by atoms with Gasteiger partial charge in [0.15, 0.2) is 0 Å². The van der Waals surface area contributed by atoms with Crippen LogP contribution in [-0.2, 0) is 16.6 Å². The topological polar surface area (TPSA) is 66.4 Å². The van der Waals surface area contributed by atoms with Crippen molar-refractivity contribution in [2.75, 3.05) is 4.72 Å². The summed E-state index contributed by atoms with van der Waals surface area (Å²) in [4.78, 5) is 0.107.